The Kier molecular flexibility index (Phi) is 2.42. The normalized spacial score (nSPS) is 32.6. The minimum absolute atomic E-state index is 0.244. The molecule has 0 aromatic rings. The van der Waals surface area contributed by atoms with E-state index in [9.17, 15) is 4.79 Å². The largest absolute Gasteiger partial charge is 0.480 e. The van der Waals surface area contributed by atoms with Crippen molar-refractivity contribution in [1.29, 1.82) is 0 Å². The zero-order valence-corrected chi connectivity index (χ0v) is 8.00. The van der Waals surface area contributed by atoms with Crippen molar-refractivity contribution >= 4 is 5.97 Å². The van der Waals surface area contributed by atoms with E-state index < -0.39 is 11.5 Å². The molecule has 3 nitrogen and oxygen atoms in total. The van der Waals surface area contributed by atoms with Crippen molar-refractivity contribution in [2.45, 2.75) is 32.2 Å². The van der Waals surface area contributed by atoms with E-state index >= 15 is 0 Å². The fraction of sp³-hybridized carbons (Fsp3) is 0.889. The SMILES string of the molecule is CCC(C)C1(C(=O)O)CCN1C. The molecule has 1 heterocycles. The molecule has 1 N–H and O–H groups in total. The molecular formula is C9H17NO2. The summed E-state index contributed by atoms with van der Waals surface area (Å²) in [5.41, 5.74) is -0.561. The summed E-state index contributed by atoms with van der Waals surface area (Å²) in [6.45, 7) is 4.97. The molecule has 12 heavy (non-hydrogen) atoms. The number of carboxylic acids is 1. The standard InChI is InChI=1S/C9H17NO2/c1-4-7(2)9(8(11)12)5-6-10(9)3/h7H,4-6H2,1-3H3,(H,11,12). The van der Waals surface area contributed by atoms with E-state index in [0.717, 1.165) is 19.4 Å². The lowest BCUT2D eigenvalue weighted by Crippen LogP contribution is -2.66. The van der Waals surface area contributed by atoms with Crippen LogP contribution in [-0.4, -0.2) is 35.1 Å². The van der Waals surface area contributed by atoms with Gasteiger partial charge in [-0.25, -0.2) is 0 Å². The van der Waals surface area contributed by atoms with Gasteiger partial charge in [0.2, 0.25) is 0 Å². The first kappa shape index (κ1) is 9.52. The Hall–Kier alpha value is -0.570. The Labute approximate surface area is 73.4 Å². The van der Waals surface area contributed by atoms with Gasteiger partial charge in [-0.1, -0.05) is 20.3 Å². The highest BCUT2D eigenvalue weighted by atomic mass is 16.4. The van der Waals surface area contributed by atoms with Gasteiger partial charge in [-0.3, -0.25) is 9.69 Å². The second-order valence-corrected chi connectivity index (χ2v) is 3.71. The van der Waals surface area contributed by atoms with Gasteiger partial charge in [-0.2, -0.15) is 0 Å². The molecular weight excluding hydrogens is 154 g/mol. The number of aliphatic carboxylic acids is 1. The molecule has 3 heteroatoms. The van der Waals surface area contributed by atoms with Crippen LogP contribution in [0, 0.1) is 5.92 Å². The van der Waals surface area contributed by atoms with Crippen LogP contribution in [0.25, 0.3) is 0 Å². The van der Waals surface area contributed by atoms with Crippen LogP contribution < -0.4 is 0 Å². The van der Waals surface area contributed by atoms with Crippen molar-refractivity contribution in [3.63, 3.8) is 0 Å². The molecule has 0 bridgehead atoms. The first-order chi connectivity index (χ1) is 5.55. The lowest BCUT2D eigenvalue weighted by Gasteiger charge is -2.51. The molecule has 1 aliphatic heterocycles. The number of likely N-dealkylation sites (tertiary alicyclic amines) is 1. The molecule has 1 aliphatic rings. The molecule has 1 rings (SSSR count). The first-order valence-electron chi connectivity index (χ1n) is 4.50. The number of likely N-dealkylation sites (N-methyl/N-ethyl adjacent to an activating group) is 1. The second-order valence-electron chi connectivity index (χ2n) is 3.71. The van der Waals surface area contributed by atoms with E-state index in [1.165, 1.54) is 0 Å². The Morgan fingerprint density at radius 3 is 2.42 bits per heavy atom. The monoisotopic (exact) mass is 171 g/mol. The van der Waals surface area contributed by atoms with Crippen LogP contribution in [0.3, 0.4) is 0 Å². The molecule has 0 saturated carbocycles. The number of hydrogen-bond donors (Lipinski definition) is 1. The zero-order valence-electron chi connectivity index (χ0n) is 8.00. The molecule has 0 aromatic heterocycles. The second kappa shape index (κ2) is 3.05. The molecule has 0 aromatic carbocycles. The number of carbonyl (C=O) groups is 1. The highest BCUT2D eigenvalue weighted by Crippen LogP contribution is 2.37. The molecule has 0 aliphatic carbocycles. The van der Waals surface area contributed by atoms with Gasteiger partial charge in [0.1, 0.15) is 5.54 Å². The van der Waals surface area contributed by atoms with Crippen LogP contribution in [-0.2, 0) is 4.79 Å². The van der Waals surface area contributed by atoms with Crippen LogP contribution in [0.15, 0.2) is 0 Å². The van der Waals surface area contributed by atoms with Crippen molar-refractivity contribution in [3.05, 3.63) is 0 Å². The Bertz CT molecular complexity index is 193. The highest BCUT2D eigenvalue weighted by molar-refractivity contribution is 5.80. The molecule has 0 radical (unpaired) electrons. The van der Waals surface area contributed by atoms with Gasteiger partial charge in [-0.15, -0.1) is 0 Å². The maximum atomic E-state index is 11.1. The van der Waals surface area contributed by atoms with Crippen molar-refractivity contribution in [2.24, 2.45) is 5.92 Å². The van der Waals surface area contributed by atoms with Gasteiger partial charge in [0, 0.05) is 6.54 Å². The highest BCUT2D eigenvalue weighted by Gasteiger charge is 2.52. The van der Waals surface area contributed by atoms with E-state index in [-0.39, 0.29) is 5.92 Å². The Morgan fingerprint density at radius 1 is 1.75 bits per heavy atom. The van der Waals surface area contributed by atoms with Gasteiger partial charge >= 0.3 is 5.97 Å². The predicted octanol–water partition coefficient (Wildman–Crippen LogP) is 1.19. The molecule has 0 amide bonds. The average Bonchev–Trinajstić information content (AvgIpc) is 2.01. The maximum Gasteiger partial charge on any atom is 0.324 e. The molecule has 2 atom stereocenters. The topological polar surface area (TPSA) is 40.5 Å². The van der Waals surface area contributed by atoms with E-state index in [4.69, 9.17) is 5.11 Å². The number of rotatable bonds is 3. The summed E-state index contributed by atoms with van der Waals surface area (Å²) in [5.74, 6) is -0.417. The lowest BCUT2D eigenvalue weighted by molar-refractivity contribution is -0.165. The van der Waals surface area contributed by atoms with E-state index in [1.807, 2.05) is 25.8 Å². The van der Waals surface area contributed by atoms with Crippen LogP contribution in [0.5, 0.6) is 0 Å². The molecule has 70 valence electrons. The fourth-order valence-corrected chi connectivity index (χ4v) is 2.02. The summed E-state index contributed by atoms with van der Waals surface area (Å²) >= 11 is 0. The summed E-state index contributed by atoms with van der Waals surface area (Å²) in [6, 6.07) is 0. The van der Waals surface area contributed by atoms with E-state index in [2.05, 4.69) is 0 Å². The van der Waals surface area contributed by atoms with Crippen LogP contribution >= 0.6 is 0 Å². The molecule has 1 fully saturated rings. The third-order valence-corrected chi connectivity index (χ3v) is 3.31. The third-order valence-electron chi connectivity index (χ3n) is 3.31. The quantitative estimate of drug-likeness (QED) is 0.693. The van der Waals surface area contributed by atoms with Gasteiger partial charge in [0.05, 0.1) is 0 Å². The number of carboxylic acid groups (broad SMARTS) is 1. The van der Waals surface area contributed by atoms with E-state index in [1.54, 1.807) is 0 Å². The fourth-order valence-electron chi connectivity index (χ4n) is 2.02. The number of hydrogen-bond acceptors (Lipinski definition) is 2. The average molecular weight is 171 g/mol. The van der Waals surface area contributed by atoms with Crippen molar-refractivity contribution in [2.75, 3.05) is 13.6 Å². The minimum Gasteiger partial charge on any atom is -0.480 e. The summed E-state index contributed by atoms with van der Waals surface area (Å²) < 4.78 is 0. The third kappa shape index (κ3) is 1.04. The van der Waals surface area contributed by atoms with Crippen LogP contribution in [0.2, 0.25) is 0 Å². The summed E-state index contributed by atoms with van der Waals surface area (Å²) in [7, 11) is 1.89. The zero-order chi connectivity index (χ0) is 9.35. The Morgan fingerprint density at radius 2 is 2.33 bits per heavy atom. The molecule has 0 spiro atoms. The summed E-state index contributed by atoms with van der Waals surface area (Å²) in [5, 5.41) is 9.11. The van der Waals surface area contributed by atoms with Gasteiger partial charge in [0.25, 0.3) is 0 Å². The van der Waals surface area contributed by atoms with Crippen LogP contribution in [0.4, 0.5) is 0 Å². The molecule has 2 unspecified atom stereocenters. The summed E-state index contributed by atoms with van der Waals surface area (Å²) in [4.78, 5) is 13.0. The van der Waals surface area contributed by atoms with Gasteiger partial charge < -0.3 is 5.11 Å². The van der Waals surface area contributed by atoms with Crippen molar-refractivity contribution < 1.29 is 9.90 Å². The van der Waals surface area contributed by atoms with E-state index in [0.29, 0.717) is 0 Å². The minimum atomic E-state index is -0.661. The molecule has 1 saturated heterocycles. The number of nitrogens with zero attached hydrogens (tertiary/aromatic N) is 1. The van der Waals surface area contributed by atoms with Gasteiger partial charge in [-0.05, 0) is 19.4 Å². The Balaban J connectivity index is 2.80. The van der Waals surface area contributed by atoms with Crippen molar-refractivity contribution in [1.82, 2.24) is 4.90 Å². The maximum absolute atomic E-state index is 11.1. The first-order valence-corrected chi connectivity index (χ1v) is 4.50. The van der Waals surface area contributed by atoms with Crippen LogP contribution in [0.1, 0.15) is 26.7 Å². The predicted molar refractivity (Wildman–Crippen MR) is 47.1 cm³/mol. The van der Waals surface area contributed by atoms with Gasteiger partial charge in [0.15, 0.2) is 0 Å². The lowest BCUT2D eigenvalue weighted by atomic mass is 9.74. The summed E-state index contributed by atoms with van der Waals surface area (Å²) in [6.07, 6.45) is 1.73. The smallest absolute Gasteiger partial charge is 0.324 e. The van der Waals surface area contributed by atoms with Crippen molar-refractivity contribution in [3.8, 4) is 0 Å².